The molecule has 0 bridgehead atoms. The minimum atomic E-state index is -1.01. The second kappa shape index (κ2) is 5.03. The third kappa shape index (κ3) is 2.48. The number of hydrogen-bond donors (Lipinski definition) is 1. The molecule has 0 spiro atoms. The van der Waals surface area contributed by atoms with Crippen LogP contribution in [0.1, 0.15) is 0 Å². The summed E-state index contributed by atoms with van der Waals surface area (Å²) in [6.07, 6.45) is -1.01. The molecule has 17 heavy (non-hydrogen) atoms. The summed E-state index contributed by atoms with van der Waals surface area (Å²) >= 11 is 0. The van der Waals surface area contributed by atoms with E-state index < -0.39 is 6.29 Å². The molecule has 1 aliphatic rings. The summed E-state index contributed by atoms with van der Waals surface area (Å²) in [6.45, 7) is -0.0165. The highest BCUT2D eigenvalue weighted by molar-refractivity contribution is 5.97. The van der Waals surface area contributed by atoms with Crippen LogP contribution in [0.2, 0.25) is 0 Å². The highest BCUT2D eigenvalue weighted by Crippen LogP contribution is 2.33. The molecule has 1 heterocycles. The zero-order valence-electron chi connectivity index (χ0n) is 9.56. The first-order valence-corrected chi connectivity index (χ1v) is 5.00. The van der Waals surface area contributed by atoms with Crippen molar-refractivity contribution in [3.63, 3.8) is 0 Å². The van der Waals surface area contributed by atoms with E-state index in [1.807, 2.05) is 0 Å². The van der Waals surface area contributed by atoms with E-state index in [-0.39, 0.29) is 12.7 Å². The van der Waals surface area contributed by atoms with E-state index in [0.29, 0.717) is 17.2 Å². The number of anilines is 1. The molecular weight excluding hydrogens is 226 g/mol. The molecule has 1 unspecified atom stereocenters. The van der Waals surface area contributed by atoms with Crippen LogP contribution in [0.25, 0.3) is 0 Å². The third-order valence-corrected chi connectivity index (χ3v) is 2.23. The number of benzene rings is 1. The van der Waals surface area contributed by atoms with Gasteiger partial charge in [-0.3, -0.25) is 4.79 Å². The lowest BCUT2D eigenvalue weighted by Gasteiger charge is -2.25. The molecule has 0 aromatic heterocycles. The zero-order chi connectivity index (χ0) is 12.3. The molecule has 0 saturated heterocycles. The first-order valence-electron chi connectivity index (χ1n) is 5.00. The smallest absolute Gasteiger partial charge is 0.294 e. The summed E-state index contributed by atoms with van der Waals surface area (Å²) in [5.41, 5.74) is 0.591. The summed E-state index contributed by atoms with van der Waals surface area (Å²) in [5, 5.41) is 2.67. The van der Waals surface area contributed by atoms with Crippen LogP contribution >= 0.6 is 0 Å². The van der Waals surface area contributed by atoms with Gasteiger partial charge in [-0.1, -0.05) is 0 Å². The fourth-order valence-electron chi connectivity index (χ4n) is 1.43. The summed E-state index contributed by atoms with van der Waals surface area (Å²) < 4.78 is 20.3. The van der Waals surface area contributed by atoms with Gasteiger partial charge in [-0.2, -0.15) is 0 Å². The number of amides is 1. The predicted octanol–water partition coefficient (Wildman–Crippen LogP) is 0.973. The largest absolute Gasteiger partial charge is 0.497 e. The maximum absolute atomic E-state index is 11.6. The summed E-state index contributed by atoms with van der Waals surface area (Å²) in [7, 11) is 3.03. The number of ether oxygens (including phenoxy) is 4. The molecule has 1 atom stereocenters. The Morgan fingerprint density at radius 2 is 2.24 bits per heavy atom. The maximum atomic E-state index is 11.6. The SMILES string of the molecule is COCOC1Oc2cc(OC)ccc2NC1=O. The number of hydrogen-bond acceptors (Lipinski definition) is 5. The quantitative estimate of drug-likeness (QED) is 0.793. The van der Waals surface area contributed by atoms with Crippen LogP contribution in [0.15, 0.2) is 18.2 Å². The number of rotatable bonds is 4. The Morgan fingerprint density at radius 3 is 2.94 bits per heavy atom. The van der Waals surface area contributed by atoms with Gasteiger partial charge in [0, 0.05) is 13.2 Å². The summed E-state index contributed by atoms with van der Waals surface area (Å²) in [4.78, 5) is 11.6. The van der Waals surface area contributed by atoms with Gasteiger partial charge in [-0.25, -0.2) is 0 Å². The Hall–Kier alpha value is -1.79. The van der Waals surface area contributed by atoms with Crippen LogP contribution in [-0.2, 0) is 14.3 Å². The van der Waals surface area contributed by atoms with Crippen molar-refractivity contribution < 1.29 is 23.7 Å². The first kappa shape index (κ1) is 11.7. The predicted molar refractivity (Wildman–Crippen MR) is 59.0 cm³/mol. The lowest BCUT2D eigenvalue weighted by atomic mass is 10.2. The van der Waals surface area contributed by atoms with Crippen LogP contribution in [0.4, 0.5) is 5.69 Å². The minimum absolute atomic E-state index is 0.0165. The van der Waals surface area contributed by atoms with E-state index in [2.05, 4.69) is 5.32 Å². The van der Waals surface area contributed by atoms with Crippen molar-refractivity contribution in [2.75, 3.05) is 26.3 Å². The van der Waals surface area contributed by atoms with E-state index in [1.54, 1.807) is 25.3 Å². The van der Waals surface area contributed by atoms with Crippen molar-refractivity contribution in [3.8, 4) is 11.5 Å². The van der Waals surface area contributed by atoms with Gasteiger partial charge in [0.2, 0.25) is 0 Å². The molecule has 0 fully saturated rings. The van der Waals surface area contributed by atoms with Gasteiger partial charge in [0.15, 0.2) is 12.5 Å². The van der Waals surface area contributed by atoms with Gasteiger partial charge in [-0.15, -0.1) is 0 Å². The van der Waals surface area contributed by atoms with Crippen LogP contribution < -0.4 is 14.8 Å². The van der Waals surface area contributed by atoms with Crippen molar-refractivity contribution in [2.24, 2.45) is 0 Å². The Morgan fingerprint density at radius 1 is 1.41 bits per heavy atom. The van der Waals surface area contributed by atoms with Crippen LogP contribution in [0.5, 0.6) is 11.5 Å². The lowest BCUT2D eigenvalue weighted by Crippen LogP contribution is -2.39. The van der Waals surface area contributed by atoms with Crippen molar-refractivity contribution in [3.05, 3.63) is 18.2 Å². The third-order valence-electron chi connectivity index (χ3n) is 2.23. The van der Waals surface area contributed by atoms with Crippen LogP contribution in [-0.4, -0.2) is 33.2 Å². The molecule has 0 aliphatic carbocycles. The van der Waals surface area contributed by atoms with Crippen LogP contribution in [0.3, 0.4) is 0 Å². The molecule has 6 nitrogen and oxygen atoms in total. The Balaban J connectivity index is 2.16. The highest BCUT2D eigenvalue weighted by Gasteiger charge is 2.28. The molecule has 1 amide bonds. The molecule has 2 rings (SSSR count). The second-order valence-corrected chi connectivity index (χ2v) is 3.37. The van der Waals surface area contributed by atoms with E-state index >= 15 is 0 Å². The number of nitrogens with one attached hydrogen (secondary N) is 1. The van der Waals surface area contributed by atoms with Gasteiger partial charge in [-0.05, 0) is 12.1 Å². The first-order chi connectivity index (χ1) is 8.24. The van der Waals surface area contributed by atoms with Gasteiger partial charge in [0.05, 0.1) is 12.8 Å². The average molecular weight is 239 g/mol. The fourth-order valence-corrected chi connectivity index (χ4v) is 1.43. The number of carbonyl (C=O) groups is 1. The Bertz CT molecular complexity index is 420. The van der Waals surface area contributed by atoms with Crippen LogP contribution in [0, 0.1) is 0 Å². The summed E-state index contributed by atoms with van der Waals surface area (Å²) in [5.74, 6) is 0.787. The van der Waals surface area contributed by atoms with Gasteiger partial charge in [0.1, 0.15) is 5.75 Å². The van der Waals surface area contributed by atoms with Gasteiger partial charge in [0.25, 0.3) is 12.2 Å². The normalized spacial score (nSPS) is 18.0. The second-order valence-electron chi connectivity index (χ2n) is 3.37. The van der Waals surface area contributed by atoms with E-state index in [1.165, 1.54) is 7.11 Å². The molecule has 1 aromatic rings. The summed E-state index contributed by atoms with van der Waals surface area (Å²) in [6, 6.07) is 5.12. The lowest BCUT2D eigenvalue weighted by molar-refractivity contribution is -0.169. The Kier molecular flexibility index (Phi) is 3.46. The zero-order valence-corrected chi connectivity index (χ0v) is 9.56. The van der Waals surface area contributed by atoms with E-state index in [0.717, 1.165) is 0 Å². The minimum Gasteiger partial charge on any atom is -0.497 e. The Labute approximate surface area is 98.4 Å². The van der Waals surface area contributed by atoms with Gasteiger partial charge >= 0.3 is 0 Å². The molecule has 1 aromatic carbocycles. The van der Waals surface area contributed by atoms with E-state index in [4.69, 9.17) is 18.9 Å². The molecule has 0 saturated carbocycles. The molecule has 0 radical (unpaired) electrons. The van der Waals surface area contributed by atoms with Crippen molar-refractivity contribution in [1.29, 1.82) is 0 Å². The maximum Gasteiger partial charge on any atom is 0.294 e. The average Bonchev–Trinajstić information content (AvgIpc) is 2.35. The fraction of sp³-hybridized carbons (Fsp3) is 0.364. The molecule has 1 aliphatic heterocycles. The van der Waals surface area contributed by atoms with Crippen molar-refractivity contribution in [2.45, 2.75) is 6.29 Å². The standard InChI is InChI=1S/C11H13NO5/c1-14-6-16-11-10(13)12-8-4-3-7(15-2)5-9(8)17-11/h3-5,11H,6H2,1-2H3,(H,12,13). The monoisotopic (exact) mass is 239 g/mol. The van der Waals surface area contributed by atoms with Crippen molar-refractivity contribution >= 4 is 11.6 Å². The molecule has 92 valence electrons. The van der Waals surface area contributed by atoms with Crippen molar-refractivity contribution in [1.82, 2.24) is 0 Å². The highest BCUT2D eigenvalue weighted by atomic mass is 16.7. The number of fused-ring (bicyclic) bond motifs is 1. The molecule has 6 heteroatoms. The molecular formula is C11H13NO5. The topological polar surface area (TPSA) is 66.0 Å². The van der Waals surface area contributed by atoms with Gasteiger partial charge < -0.3 is 24.3 Å². The number of carbonyl (C=O) groups excluding carboxylic acids is 1. The molecule has 1 N–H and O–H groups in total. The number of methoxy groups -OCH3 is 2. The van der Waals surface area contributed by atoms with E-state index in [9.17, 15) is 4.79 Å².